The number of amides is 1. The van der Waals surface area contributed by atoms with Crippen LogP contribution in [0.2, 0.25) is 0 Å². The van der Waals surface area contributed by atoms with Crippen molar-refractivity contribution in [3.8, 4) is 17.0 Å². The molecule has 0 aliphatic heterocycles. The molecule has 2 heterocycles. The van der Waals surface area contributed by atoms with E-state index < -0.39 is 18.0 Å². The van der Waals surface area contributed by atoms with Gasteiger partial charge in [0, 0.05) is 10.9 Å². The van der Waals surface area contributed by atoms with Crippen molar-refractivity contribution in [2.24, 2.45) is 0 Å². The fourth-order valence-electron chi connectivity index (χ4n) is 2.91. The summed E-state index contributed by atoms with van der Waals surface area (Å²) in [6, 6.07) is 12.2. The normalized spacial score (nSPS) is 11.8. The Kier molecular flexibility index (Phi) is 5.94. The van der Waals surface area contributed by atoms with Gasteiger partial charge in [-0.2, -0.15) is 0 Å². The number of hydrogen-bond donors (Lipinski definition) is 1. The third kappa shape index (κ3) is 4.56. The molecule has 0 fully saturated rings. The van der Waals surface area contributed by atoms with E-state index in [1.54, 1.807) is 26.2 Å². The summed E-state index contributed by atoms with van der Waals surface area (Å²) in [5.74, 6) is -0.298. The molecule has 1 unspecified atom stereocenters. The zero-order valence-corrected chi connectivity index (χ0v) is 17.6. The number of oxazole rings is 1. The number of nitrogens with one attached hydrogen (secondary N) is 1. The maximum Gasteiger partial charge on any atom is 0.339 e. The molecule has 158 valence electrons. The molecule has 4 rings (SSSR count). The van der Waals surface area contributed by atoms with Gasteiger partial charge in [-0.15, -0.1) is 11.3 Å². The van der Waals surface area contributed by atoms with Crippen LogP contribution in [0.15, 0.2) is 58.7 Å². The zero-order valence-electron chi connectivity index (χ0n) is 16.8. The lowest BCUT2D eigenvalue weighted by Gasteiger charge is -2.15. The number of fused-ring (bicyclic) bond motifs is 1. The number of carbonyl (C=O) groups excluding carboxylic acids is 2. The Morgan fingerprint density at radius 2 is 2.00 bits per heavy atom. The number of carbonyl (C=O) groups is 2. The van der Waals surface area contributed by atoms with Crippen LogP contribution in [0, 0.1) is 0 Å². The molecule has 0 bridgehead atoms. The predicted molar refractivity (Wildman–Crippen MR) is 116 cm³/mol. The van der Waals surface area contributed by atoms with Crippen molar-refractivity contribution in [3.05, 3.63) is 59.8 Å². The average Bonchev–Trinajstić information content (AvgIpc) is 3.46. The van der Waals surface area contributed by atoms with Crippen molar-refractivity contribution >= 4 is 39.4 Å². The van der Waals surface area contributed by atoms with Crippen LogP contribution >= 0.6 is 11.3 Å². The van der Waals surface area contributed by atoms with Gasteiger partial charge in [0.05, 0.1) is 18.4 Å². The van der Waals surface area contributed by atoms with Gasteiger partial charge in [0.1, 0.15) is 11.3 Å². The molecule has 1 atom stereocenters. The van der Waals surface area contributed by atoms with Gasteiger partial charge in [0.2, 0.25) is 0 Å². The van der Waals surface area contributed by atoms with E-state index in [1.807, 2.05) is 29.6 Å². The average molecular weight is 437 g/mol. The van der Waals surface area contributed by atoms with Crippen LogP contribution in [0.3, 0.4) is 0 Å². The topological polar surface area (TPSA) is 104 Å². The largest absolute Gasteiger partial charge is 0.497 e. The van der Waals surface area contributed by atoms with Crippen LogP contribution in [0.4, 0.5) is 5.13 Å². The van der Waals surface area contributed by atoms with Crippen molar-refractivity contribution in [1.29, 1.82) is 0 Å². The number of benzene rings is 2. The molecule has 0 aliphatic rings. The third-order valence-electron chi connectivity index (χ3n) is 4.60. The number of methoxy groups -OCH3 is 1. The third-order valence-corrected chi connectivity index (χ3v) is 5.36. The van der Waals surface area contributed by atoms with E-state index in [0.29, 0.717) is 22.7 Å². The van der Waals surface area contributed by atoms with Crippen molar-refractivity contribution in [2.75, 3.05) is 12.4 Å². The lowest BCUT2D eigenvalue weighted by Crippen LogP contribution is -2.32. The first-order chi connectivity index (χ1) is 15.1. The summed E-state index contributed by atoms with van der Waals surface area (Å²) in [6.07, 6.45) is 0.668. The maximum atomic E-state index is 12.6. The van der Waals surface area contributed by atoms with Crippen LogP contribution < -0.4 is 10.1 Å². The highest BCUT2D eigenvalue weighted by Gasteiger charge is 2.23. The van der Waals surface area contributed by atoms with E-state index in [1.165, 1.54) is 23.8 Å². The van der Waals surface area contributed by atoms with Gasteiger partial charge in [-0.3, -0.25) is 10.1 Å². The minimum absolute atomic E-state index is 0.284. The molecule has 1 N–H and O–H groups in total. The lowest BCUT2D eigenvalue weighted by atomic mass is 10.2. The SMILES string of the molecule is CCC(OC(=O)c1ccc2ncoc2c1)C(=O)Nc1nc(-c2ccc(OC)cc2)cs1. The van der Waals surface area contributed by atoms with Gasteiger partial charge in [-0.1, -0.05) is 6.92 Å². The molecule has 2 aromatic carbocycles. The van der Waals surface area contributed by atoms with Crippen LogP contribution in [0.25, 0.3) is 22.4 Å². The van der Waals surface area contributed by atoms with Gasteiger partial charge in [0.25, 0.3) is 5.91 Å². The molecule has 31 heavy (non-hydrogen) atoms. The smallest absolute Gasteiger partial charge is 0.339 e. The molecule has 0 saturated carbocycles. The van der Waals surface area contributed by atoms with Crippen LogP contribution in [0.5, 0.6) is 5.75 Å². The fourth-order valence-corrected chi connectivity index (χ4v) is 3.64. The van der Waals surface area contributed by atoms with Crippen molar-refractivity contribution in [3.63, 3.8) is 0 Å². The monoisotopic (exact) mass is 437 g/mol. The summed E-state index contributed by atoms with van der Waals surface area (Å²) in [5.41, 5.74) is 3.03. The quantitative estimate of drug-likeness (QED) is 0.424. The molecule has 1 amide bonds. The lowest BCUT2D eigenvalue weighted by molar-refractivity contribution is -0.124. The summed E-state index contributed by atoms with van der Waals surface area (Å²) in [6.45, 7) is 1.77. The van der Waals surface area contributed by atoms with E-state index >= 15 is 0 Å². The molecule has 2 aromatic heterocycles. The summed E-state index contributed by atoms with van der Waals surface area (Å²) in [4.78, 5) is 33.6. The second-order valence-corrected chi connectivity index (χ2v) is 7.45. The Morgan fingerprint density at radius 1 is 1.19 bits per heavy atom. The summed E-state index contributed by atoms with van der Waals surface area (Å²) >= 11 is 1.29. The first kappa shape index (κ1) is 20.5. The number of thiazole rings is 1. The number of esters is 1. The second-order valence-electron chi connectivity index (χ2n) is 6.59. The predicted octanol–water partition coefficient (Wildman–Crippen LogP) is 4.53. The number of rotatable bonds is 7. The summed E-state index contributed by atoms with van der Waals surface area (Å²) in [7, 11) is 1.61. The van der Waals surface area contributed by atoms with Crippen LogP contribution in [-0.4, -0.2) is 35.1 Å². The van der Waals surface area contributed by atoms with Gasteiger partial charge < -0.3 is 13.9 Å². The van der Waals surface area contributed by atoms with Crippen LogP contribution in [-0.2, 0) is 9.53 Å². The zero-order chi connectivity index (χ0) is 21.8. The van der Waals surface area contributed by atoms with Crippen molar-refractivity contribution in [2.45, 2.75) is 19.4 Å². The van der Waals surface area contributed by atoms with Gasteiger partial charge >= 0.3 is 5.97 Å². The highest BCUT2D eigenvalue weighted by Crippen LogP contribution is 2.27. The summed E-state index contributed by atoms with van der Waals surface area (Å²) in [5, 5.41) is 4.99. The van der Waals surface area contributed by atoms with E-state index in [4.69, 9.17) is 13.9 Å². The highest BCUT2D eigenvalue weighted by molar-refractivity contribution is 7.14. The minimum atomic E-state index is -0.953. The van der Waals surface area contributed by atoms with E-state index in [2.05, 4.69) is 15.3 Å². The number of nitrogens with zero attached hydrogens (tertiary/aromatic N) is 2. The molecule has 0 saturated heterocycles. The molecule has 0 radical (unpaired) electrons. The van der Waals surface area contributed by atoms with Gasteiger partial charge in [-0.05, 0) is 48.9 Å². The fraction of sp³-hybridized carbons (Fsp3) is 0.182. The van der Waals surface area contributed by atoms with Gasteiger partial charge in [-0.25, -0.2) is 14.8 Å². The Morgan fingerprint density at radius 3 is 2.74 bits per heavy atom. The first-order valence-electron chi connectivity index (χ1n) is 9.52. The van der Waals surface area contributed by atoms with E-state index in [9.17, 15) is 9.59 Å². The number of ether oxygens (including phenoxy) is 2. The van der Waals surface area contributed by atoms with E-state index in [0.717, 1.165) is 17.0 Å². The number of anilines is 1. The van der Waals surface area contributed by atoms with Crippen molar-refractivity contribution in [1.82, 2.24) is 9.97 Å². The molecule has 4 aromatic rings. The molecule has 8 nitrogen and oxygen atoms in total. The number of hydrogen-bond acceptors (Lipinski definition) is 8. The minimum Gasteiger partial charge on any atom is -0.497 e. The Bertz CT molecular complexity index is 1220. The Hall–Kier alpha value is -3.72. The Balaban J connectivity index is 1.41. The molecule has 0 spiro atoms. The molecular formula is C22H19N3O5S. The standard InChI is InChI=1S/C22H19N3O5S/c1-3-18(30-21(27)14-6-9-16-19(10-14)29-12-23-16)20(26)25-22-24-17(11-31-22)13-4-7-15(28-2)8-5-13/h4-12,18H,3H2,1-2H3,(H,24,25,26). The molecule has 0 aliphatic carbocycles. The van der Waals surface area contributed by atoms with Gasteiger partial charge in [0.15, 0.2) is 23.2 Å². The second kappa shape index (κ2) is 8.97. The highest BCUT2D eigenvalue weighted by atomic mass is 32.1. The van der Waals surface area contributed by atoms with E-state index in [-0.39, 0.29) is 5.56 Å². The Labute approximate surface area is 181 Å². The first-order valence-corrected chi connectivity index (χ1v) is 10.4. The van der Waals surface area contributed by atoms with Crippen LogP contribution in [0.1, 0.15) is 23.7 Å². The summed E-state index contributed by atoms with van der Waals surface area (Å²) < 4.78 is 15.8. The maximum absolute atomic E-state index is 12.6. The number of aromatic nitrogens is 2. The van der Waals surface area contributed by atoms with Crippen molar-refractivity contribution < 1.29 is 23.5 Å². The molecule has 9 heteroatoms. The molecular weight excluding hydrogens is 418 g/mol.